The molecule has 28 heavy (non-hydrogen) atoms. The first-order valence-electron chi connectivity index (χ1n) is 10.2. The summed E-state index contributed by atoms with van der Waals surface area (Å²) in [7, 11) is 0. The monoisotopic (exact) mass is 400 g/mol. The predicted octanol–water partition coefficient (Wildman–Crippen LogP) is 5.40. The predicted molar refractivity (Wildman–Crippen MR) is 124 cm³/mol. The number of thiol groups is 1. The summed E-state index contributed by atoms with van der Waals surface area (Å²) in [4.78, 5) is 12.8. The van der Waals surface area contributed by atoms with E-state index >= 15 is 0 Å². The van der Waals surface area contributed by atoms with E-state index in [0.29, 0.717) is 18.9 Å². The second-order valence-electron chi connectivity index (χ2n) is 9.77. The molecule has 0 saturated carbocycles. The summed E-state index contributed by atoms with van der Waals surface area (Å²) < 4.78 is 2.88. The van der Waals surface area contributed by atoms with Gasteiger partial charge in [-0.1, -0.05) is 96.8 Å². The van der Waals surface area contributed by atoms with Crippen molar-refractivity contribution in [3.63, 3.8) is 0 Å². The van der Waals surface area contributed by atoms with Crippen LogP contribution in [0.25, 0.3) is 10.8 Å². The van der Waals surface area contributed by atoms with Crippen LogP contribution in [0.15, 0.2) is 42.5 Å². The van der Waals surface area contributed by atoms with Crippen LogP contribution in [0.1, 0.15) is 53.5 Å². The SMILES string of the molecule is CC(C)C(C)(C)CC(C)(C)CNC(=O)[C@H](Cc1ccc2ccccc2c1)NS. The van der Waals surface area contributed by atoms with E-state index < -0.39 is 0 Å². The van der Waals surface area contributed by atoms with Gasteiger partial charge in [-0.05, 0) is 45.9 Å². The molecule has 154 valence electrons. The third kappa shape index (κ3) is 6.25. The number of nitrogens with one attached hydrogen (secondary N) is 2. The average molecular weight is 401 g/mol. The number of hydrogen-bond donors (Lipinski definition) is 3. The second kappa shape index (κ2) is 9.32. The zero-order chi connectivity index (χ0) is 20.9. The lowest BCUT2D eigenvalue weighted by Gasteiger charge is -2.38. The fourth-order valence-electron chi connectivity index (χ4n) is 3.75. The van der Waals surface area contributed by atoms with E-state index in [-0.39, 0.29) is 22.8 Å². The Bertz CT molecular complexity index is 798. The highest BCUT2D eigenvalue weighted by Crippen LogP contribution is 2.38. The zero-order valence-electron chi connectivity index (χ0n) is 18.2. The molecule has 4 heteroatoms. The van der Waals surface area contributed by atoms with Crippen LogP contribution in [0.3, 0.4) is 0 Å². The van der Waals surface area contributed by atoms with Crippen molar-refractivity contribution in [3.05, 3.63) is 48.0 Å². The molecule has 0 spiro atoms. The minimum atomic E-state index is -0.363. The Kier molecular flexibility index (Phi) is 7.58. The van der Waals surface area contributed by atoms with E-state index in [2.05, 4.69) is 94.7 Å². The molecule has 0 aliphatic heterocycles. The molecule has 2 rings (SSSR count). The summed E-state index contributed by atoms with van der Waals surface area (Å²) >= 11 is 4.21. The molecule has 0 heterocycles. The molecular weight excluding hydrogens is 364 g/mol. The lowest BCUT2D eigenvalue weighted by Crippen LogP contribution is -2.46. The van der Waals surface area contributed by atoms with E-state index in [1.165, 1.54) is 10.8 Å². The van der Waals surface area contributed by atoms with Gasteiger partial charge in [-0.3, -0.25) is 9.52 Å². The molecular formula is C24H36N2OS. The Morgan fingerprint density at radius 3 is 2.29 bits per heavy atom. The maximum absolute atomic E-state index is 12.8. The van der Waals surface area contributed by atoms with Gasteiger partial charge in [0.25, 0.3) is 0 Å². The van der Waals surface area contributed by atoms with E-state index in [0.717, 1.165) is 12.0 Å². The molecule has 0 fully saturated rings. The van der Waals surface area contributed by atoms with Gasteiger partial charge in [-0.15, -0.1) is 0 Å². The van der Waals surface area contributed by atoms with Crippen LogP contribution in [0.2, 0.25) is 0 Å². The minimum absolute atomic E-state index is 0.00131. The summed E-state index contributed by atoms with van der Waals surface area (Å²) in [6, 6.07) is 14.2. The third-order valence-electron chi connectivity index (χ3n) is 5.96. The highest BCUT2D eigenvalue weighted by atomic mass is 32.1. The number of carbonyl (C=O) groups is 1. The zero-order valence-corrected chi connectivity index (χ0v) is 19.1. The van der Waals surface area contributed by atoms with Crippen LogP contribution in [0.5, 0.6) is 0 Å². The summed E-state index contributed by atoms with van der Waals surface area (Å²) in [6.07, 6.45) is 1.67. The van der Waals surface area contributed by atoms with Crippen molar-refractivity contribution >= 4 is 29.5 Å². The van der Waals surface area contributed by atoms with E-state index in [4.69, 9.17) is 0 Å². The molecule has 1 atom stereocenters. The number of hydrogen-bond acceptors (Lipinski definition) is 3. The molecule has 3 nitrogen and oxygen atoms in total. The number of benzene rings is 2. The van der Waals surface area contributed by atoms with Crippen molar-refractivity contribution in [2.24, 2.45) is 16.7 Å². The Labute approximate surface area is 176 Å². The molecule has 0 aliphatic carbocycles. The molecule has 2 aromatic rings. The van der Waals surface area contributed by atoms with Crippen LogP contribution < -0.4 is 10.0 Å². The van der Waals surface area contributed by atoms with Gasteiger partial charge in [-0.25, -0.2) is 0 Å². The highest BCUT2D eigenvalue weighted by molar-refractivity contribution is 7.78. The van der Waals surface area contributed by atoms with Crippen molar-refractivity contribution in [1.29, 1.82) is 0 Å². The Hall–Kier alpha value is -1.52. The first kappa shape index (κ1) is 22.8. The van der Waals surface area contributed by atoms with Crippen molar-refractivity contribution in [1.82, 2.24) is 10.0 Å². The minimum Gasteiger partial charge on any atom is -0.354 e. The summed E-state index contributed by atoms with van der Waals surface area (Å²) in [5, 5.41) is 5.54. The topological polar surface area (TPSA) is 41.1 Å². The number of carbonyl (C=O) groups excluding carboxylic acids is 1. The van der Waals surface area contributed by atoms with Crippen molar-refractivity contribution in [2.75, 3.05) is 6.54 Å². The fourth-order valence-corrected chi connectivity index (χ4v) is 3.96. The van der Waals surface area contributed by atoms with Gasteiger partial charge in [0.2, 0.25) is 5.91 Å². The largest absolute Gasteiger partial charge is 0.354 e. The Morgan fingerprint density at radius 1 is 1.04 bits per heavy atom. The molecule has 0 aliphatic rings. The van der Waals surface area contributed by atoms with E-state index in [9.17, 15) is 4.79 Å². The lowest BCUT2D eigenvalue weighted by atomic mass is 9.69. The Balaban J connectivity index is 1.98. The molecule has 0 radical (unpaired) electrons. The normalized spacial score (nSPS) is 13.7. The summed E-state index contributed by atoms with van der Waals surface area (Å²) in [6.45, 7) is 14.2. The van der Waals surface area contributed by atoms with Gasteiger partial charge in [0, 0.05) is 6.54 Å². The molecule has 0 unspecified atom stereocenters. The Morgan fingerprint density at radius 2 is 1.68 bits per heavy atom. The maximum Gasteiger partial charge on any atom is 0.238 e. The molecule has 0 bridgehead atoms. The first-order chi connectivity index (χ1) is 13.0. The van der Waals surface area contributed by atoms with Gasteiger partial charge >= 0.3 is 0 Å². The van der Waals surface area contributed by atoms with Crippen LogP contribution in [0.4, 0.5) is 0 Å². The van der Waals surface area contributed by atoms with Crippen molar-refractivity contribution in [3.8, 4) is 0 Å². The molecule has 2 N–H and O–H groups in total. The lowest BCUT2D eigenvalue weighted by molar-refractivity contribution is -0.123. The third-order valence-corrected chi connectivity index (χ3v) is 6.28. The number of fused-ring (bicyclic) bond motifs is 1. The smallest absolute Gasteiger partial charge is 0.238 e. The molecule has 2 aromatic carbocycles. The quantitative estimate of drug-likeness (QED) is 0.493. The van der Waals surface area contributed by atoms with Gasteiger partial charge < -0.3 is 5.32 Å². The maximum atomic E-state index is 12.8. The first-order valence-corrected chi connectivity index (χ1v) is 10.6. The number of amides is 1. The van der Waals surface area contributed by atoms with E-state index in [1.54, 1.807) is 0 Å². The second-order valence-corrected chi connectivity index (χ2v) is 10.0. The van der Waals surface area contributed by atoms with Gasteiger partial charge in [0.05, 0.1) is 6.04 Å². The van der Waals surface area contributed by atoms with Crippen LogP contribution in [-0.2, 0) is 11.2 Å². The number of rotatable bonds is 9. The summed E-state index contributed by atoms with van der Waals surface area (Å²) in [5.74, 6) is 0.598. The standard InChI is InChI=1S/C24H36N2OS/c1-17(2)24(5,6)15-23(3,4)16-25-22(27)21(26-28)14-18-11-12-19-9-7-8-10-20(19)13-18/h7-13,17,21,26,28H,14-16H2,1-6H3,(H,25,27)/t21-/m0/s1. The van der Waals surface area contributed by atoms with Gasteiger partial charge in [0.15, 0.2) is 0 Å². The molecule has 0 saturated heterocycles. The van der Waals surface area contributed by atoms with Gasteiger partial charge in [0.1, 0.15) is 0 Å². The van der Waals surface area contributed by atoms with Crippen molar-refractivity contribution < 1.29 is 4.79 Å². The molecule has 1 amide bonds. The van der Waals surface area contributed by atoms with E-state index in [1.807, 2.05) is 12.1 Å². The van der Waals surface area contributed by atoms with Crippen LogP contribution in [0, 0.1) is 16.7 Å². The molecule has 0 aromatic heterocycles. The average Bonchev–Trinajstić information content (AvgIpc) is 2.63. The van der Waals surface area contributed by atoms with Crippen molar-refractivity contribution in [2.45, 2.75) is 60.4 Å². The van der Waals surface area contributed by atoms with Gasteiger partial charge in [-0.2, -0.15) is 0 Å². The van der Waals surface area contributed by atoms with Crippen LogP contribution >= 0.6 is 12.8 Å². The summed E-state index contributed by atoms with van der Waals surface area (Å²) in [5.41, 5.74) is 1.40. The highest BCUT2D eigenvalue weighted by Gasteiger charge is 2.32. The fraction of sp³-hybridized carbons (Fsp3) is 0.542. The van der Waals surface area contributed by atoms with Crippen LogP contribution in [-0.4, -0.2) is 18.5 Å².